The van der Waals surface area contributed by atoms with Gasteiger partial charge in [0, 0.05) is 12.5 Å². The predicted molar refractivity (Wildman–Crippen MR) is 139 cm³/mol. The molecule has 174 valence electrons. The van der Waals surface area contributed by atoms with Crippen molar-refractivity contribution in [3.63, 3.8) is 0 Å². The number of nitrogens with zero attached hydrogens (tertiary/aromatic N) is 1. The van der Waals surface area contributed by atoms with E-state index >= 15 is 0 Å². The maximum Gasteiger partial charge on any atom is 0.119 e. The maximum atomic E-state index is 6.12. The van der Waals surface area contributed by atoms with Crippen molar-refractivity contribution < 1.29 is 9.47 Å². The Bertz CT molecular complexity index is 1200. The molecule has 6 rings (SSSR count). The normalized spacial score (nSPS) is 19.4. The summed E-state index contributed by atoms with van der Waals surface area (Å²) >= 11 is 0. The minimum atomic E-state index is 0.250. The van der Waals surface area contributed by atoms with Crippen molar-refractivity contribution in [2.45, 2.75) is 38.0 Å². The number of piperidine rings is 1. The molecule has 1 unspecified atom stereocenters. The van der Waals surface area contributed by atoms with Crippen molar-refractivity contribution in [3.05, 3.63) is 94.5 Å². The topological polar surface area (TPSA) is 21.7 Å². The fraction of sp³-hybridized carbons (Fsp3) is 0.355. The van der Waals surface area contributed by atoms with Gasteiger partial charge in [0.1, 0.15) is 18.1 Å². The highest BCUT2D eigenvalue weighted by Gasteiger charge is 2.36. The molecule has 3 nitrogen and oxygen atoms in total. The van der Waals surface area contributed by atoms with Crippen LogP contribution in [0.5, 0.6) is 11.5 Å². The molecule has 2 aliphatic carbocycles. The molecule has 3 heteroatoms. The lowest BCUT2D eigenvalue weighted by atomic mass is 9.80. The van der Waals surface area contributed by atoms with Crippen LogP contribution in [0.4, 0.5) is 0 Å². The monoisotopic (exact) mass is 451 g/mol. The molecule has 3 aromatic rings. The number of fused-ring (bicyclic) bond motifs is 4. The molecule has 34 heavy (non-hydrogen) atoms. The molecule has 1 saturated heterocycles. The number of benzene rings is 3. The van der Waals surface area contributed by atoms with E-state index in [2.05, 4.69) is 71.6 Å². The number of rotatable bonds is 6. The van der Waals surface area contributed by atoms with Crippen LogP contribution in [0.2, 0.25) is 0 Å². The van der Waals surface area contributed by atoms with Crippen LogP contribution in [-0.4, -0.2) is 38.3 Å². The summed E-state index contributed by atoms with van der Waals surface area (Å²) in [6, 6.07) is 24.4. The van der Waals surface area contributed by atoms with Crippen molar-refractivity contribution in [3.8, 4) is 11.5 Å². The zero-order valence-electron chi connectivity index (χ0n) is 20.1. The largest absolute Gasteiger partial charge is 0.497 e. The molecule has 0 saturated carbocycles. The van der Waals surface area contributed by atoms with E-state index in [1.54, 1.807) is 7.11 Å². The second-order valence-corrected chi connectivity index (χ2v) is 9.76. The van der Waals surface area contributed by atoms with E-state index in [1.165, 1.54) is 71.3 Å². The van der Waals surface area contributed by atoms with E-state index in [0.29, 0.717) is 0 Å². The Labute approximate surface area is 203 Å². The number of likely N-dealkylation sites (tertiary alicyclic amines) is 1. The fourth-order valence-electron chi connectivity index (χ4n) is 6.08. The van der Waals surface area contributed by atoms with Gasteiger partial charge in [0.15, 0.2) is 0 Å². The first-order valence-corrected chi connectivity index (χ1v) is 12.8. The average molecular weight is 452 g/mol. The average Bonchev–Trinajstić information content (AvgIpc) is 3.24. The van der Waals surface area contributed by atoms with Gasteiger partial charge in [-0.3, -0.25) is 4.90 Å². The van der Waals surface area contributed by atoms with Crippen LogP contribution in [-0.2, 0) is 6.42 Å². The maximum absolute atomic E-state index is 6.12. The smallest absolute Gasteiger partial charge is 0.119 e. The molecule has 3 aromatic carbocycles. The fourth-order valence-corrected chi connectivity index (χ4v) is 6.08. The van der Waals surface area contributed by atoms with Crippen LogP contribution in [0.1, 0.15) is 59.4 Å². The molecule has 1 atom stereocenters. The minimum absolute atomic E-state index is 0.250. The summed E-state index contributed by atoms with van der Waals surface area (Å²) in [5.74, 6) is 2.15. The lowest BCUT2D eigenvalue weighted by Gasteiger charge is -2.26. The Hall–Kier alpha value is -3.04. The van der Waals surface area contributed by atoms with Crippen molar-refractivity contribution in [2.24, 2.45) is 0 Å². The van der Waals surface area contributed by atoms with Crippen LogP contribution in [0, 0.1) is 0 Å². The molecule has 0 spiro atoms. The summed E-state index contributed by atoms with van der Waals surface area (Å²) in [7, 11) is 1.75. The van der Waals surface area contributed by atoms with Crippen LogP contribution < -0.4 is 9.47 Å². The van der Waals surface area contributed by atoms with Gasteiger partial charge in [-0.2, -0.15) is 0 Å². The first-order valence-electron chi connectivity index (χ1n) is 12.8. The van der Waals surface area contributed by atoms with Gasteiger partial charge in [-0.15, -0.1) is 0 Å². The van der Waals surface area contributed by atoms with Crippen molar-refractivity contribution >= 4 is 11.1 Å². The highest BCUT2D eigenvalue weighted by atomic mass is 16.5. The van der Waals surface area contributed by atoms with Gasteiger partial charge in [0.2, 0.25) is 0 Å². The molecule has 0 N–H and O–H groups in total. The third-order valence-electron chi connectivity index (χ3n) is 7.80. The molecule has 1 heterocycles. The van der Waals surface area contributed by atoms with Crippen LogP contribution in [0.15, 0.2) is 66.7 Å². The number of ether oxygens (including phenoxy) is 2. The third-order valence-corrected chi connectivity index (χ3v) is 7.80. The number of hydrogen-bond acceptors (Lipinski definition) is 3. The third kappa shape index (κ3) is 3.92. The molecule has 0 aromatic heterocycles. The van der Waals surface area contributed by atoms with Crippen LogP contribution >= 0.6 is 0 Å². The Morgan fingerprint density at radius 2 is 1.62 bits per heavy atom. The SMILES string of the molecule is COc1ccc2c(c1)C1=C(c3ccccc3CC1)C2c1ccc(OCCN2CCCCC2)cc1. The molecular formula is C31H33NO2. The molecule has 0 radical (unpaired) electrons. The van der Waals surface area contributed by atoms with E-state index < -0.39 is 0 Å². The summed E-state index contributed by atoms with van der Waals surface area (Å²) in [4.78, 5) is 2.52. The molecule has 1 fully saturated rings. The molecule has 0 amide bonds. The Morgan fingerprint density at radius 3 is 2.44 bits per heavy atom. The second-order valence-electron chi connectivity index (χ2n) is 9.76. The van der Waals surface area contributed by atoms with Gasteiger partial charge >= 0.3 is 0 Å². The van der Waals surface area contributed by atoms with Gasteiger partial charge in [0.05, 0.1) is 7.11 Å². The van der Waals surface area contributed by atoms with Gasteiger partial charge < -0.3 is 9.47 Å². The van der Waals surface area contributed by atoms with E-state index in [9.17, 15) is 0 Å². The Morgan fingerprint density at radius 1 is 0.824 bits per heavy atom. The van der Waals surface area contributed by atoms with Crippen LogP contribution in [0.3, 0.4) is 0 Å². The van der Waals surface area contributed by atoms with Gasteiger partial charge in [0.25, 0.3) is 0 Å². The minimum Gasteiger partial charge on any atom is -0.497 e. The van der Waals surface area contributed by atoms with Gasteiger partial charge in [-0.1, -0.05) is 48.9 Å². The Balaban J connectivity index is 1.29. The van der Waals surface area contributed by atoms with Crippen LogP contribution in [0.25, 0.3) is 11.1 Å². The van der Waals surface area contributed by atoms with E-state index in [0.717, 1.165) is 37.5 Å². The number of methoxy groups -OCH3 is 1. The van der Waals surface area contributed by atoms with E-state index in [1.807, 2.05) is 0 Å². The Kier molecular flexibility index (Phi) is 5.88. The number of allylic oxidation sites excluding steroid dienone is 2. The van der Waals surface area contributed by atoms with Crippen molar-refractivity contribution in [1.29, 1.82) is 0 Å². The predicted octanol–water partition coefficient (Wildman–Crippen LogP) is 6.56. The van der Waals surface area contributed by atoms with E-state index in [4.69, 9.17) is 9.47 Å². The molecule has 0 bridgehead atoms. The molecular weight excluding hydrogens is 418 g/mol. The quantitative estimate of drug-likeness (QED) is 0.423. The first-order chi connectivity index (χ1) is 16.8. The van der Waals surface area contributed by atoms with Gasteiger partial charge in [-0.25, -0.2) is 0 Å². The number of aryl methyl sites for hydroxylation is 1. The van der Waals surface area contributed by atoms with Crippen molar-refractivity contribution in [1.82, 2.24) is 4.90 Å². The summed E-state index contributed by atoms with van der Waals surface area (Å²) in [5.41, 5.74) is 9.91. The van der Waals surface area contributed by atoms with Gasteiger partial charge in [-0.05, 0) is 102 Å². The first kappa shape index (κ1) is 21.5. The lowest BCUT2D eigenvalue weighted by Crippen LogP contribution is -2.33. The second kappa shape index (κ2) is 9.31. The molecule has 3 aliphatic rings. The summed E-state index contributed by atoms with van der Waals surface area (Å²) in [6.45, 7) is 4.21. The molecule has 1 aliphatic heterocycles. The van der Waals surface area contributed by atoms with Crippen molar-refractivity contribution in [2.75, 3.05) is 33.4 Å². The highest BCUT2D eigenvalue weighted by Crippen LogP contribution is 2.54. The lowest BCUT2D eigenvalue weighted by molar-refractivity contribution is 0.183. The highest BCUT2D eigenvalue weighted by molar-refractivity contribution is 6.03. The zero-order valence-corrected chi connectivity index (χ0v) is 20.1. The summed E-state index contributed by atoms with van der Waals surface area (Å²) < 4.78 is 11.7. The number of hydrogen-bond donors (Lipinski definition) is 0. The standard InChI is InChI=1S/C31H33NO2/c1-33-25-14-16-27-29(21-25)28-15-11-22-7-3-4-8-26(22)31(28)30(27)23-9-12-24(13-10-23)34-20-19-32-17-5-2-6-18-32/h3-4,7-10,12-14,16,21,30H,2,5-6,11,15,17-20H2,1H3. The summed E-state index contributed by atoms with van der Waals surface area (Å²) in [5, 5.41) is 0. The summed E-state index contributed by atoms with van der Waals surface area (Å²) in [6.07, 6.45) is 6.20. The van der Waals surface area contributed by atoms with E-state index in [-0.39, 0.29) is 5.92 Å². The zero-order chi connectivity index (χ0) is 22.9.